The highest BCUT2D eigenvalue weighted by atomic mass is 35.5. The summed E-state index contributed by atoms with van der Waals surface area (Å²) in [5, 5.41) is 7.90. The second kappa shape index (κ2) is 7.66. The van der Waals surface area contributed by atoms with Gasteiger partial charge in [-0.1, -0.05) is 11.6 Å². The number of nitrogens with one attached hydrogen (secondary N) is 1. The normalized spacial score (nSPS) is 16.8. The maximum Gasteiger partial charge on any atom is 0.223 e. The largest absolute Gasteiger partial charge is 0.357 e. The van der Waals surface area contributed by atoms with Crippen LogP contribution in [-0.2, 0) is 11.3 Å². The highest BCUT2D eigenvalue weighted by molar-refractivity contribution is 6.30. The SMILES string of the molecule is CC(Cn1cccn1)NC(=O)C1CCN(c2ccc(Cl)cn2)CC1. The highest BCUT2D eigenvalue weighted by Crippen LogP contribution is 2.22. The number of amides is 1. The van der Waals surface area contributed by atoms with Crippen LogP contribution in [0, 0.1) is 5.92 Å². The minimum Gasteiger partial charge on any atom is -0.357 e. The maximum atomic E-state index is 12.4. The van der Waals surface area contributed by atoms with Gasteiger partial charge in [0.05, 0.1) is 11.6 Å². The number of piperidine rings is 1. The molecule has 0 saturated carbocycles. The lowest BCUT2D eigenvalue weighted by atomic mass is 9.95. The van der Waals surface area contributed by atoms with Gasteiger partial charge in [-0.2, -0.15) is 5.10 Å². The van der Waals surface area contributed by atoms with Gasteiger partial charge in [-0.15, -0.1) is 0 Å². The molecule has 2 aromatic heterocycles. The monoisotopic (exact) mass is 347 g/mol. The summed E-state index contributed by atoms with van der Waals surface area (Å²) in [6.45, 7) is 4.36. The Morgan fingerprint density at radius 3 is 2.83 bits per heavy atom. The number of pyridine rings is 1. The van der Waals surface area contributed by atoms with Gasteiger partial charge in [0.15, 0.2) is 0 Å². The number of halogens is 1. The van der Waals surface area contributed by atoms with Gasteiger partial charge in [0, 0.05) is 43.6 Å². The molecule has 1 amide bonds. The fourth-order valence-corrected chi connectivity index (χ4v) is 3.13. The van der Waals surface area contributed by atoms with Crippen LogP contribution in [0.1, 0.15) is 19.8 Å². The van der Waals surface area contributed by atoms with Gasteiger partial charge >= 0.3 is 0 Å². The molecule has 1 aliphatic rings. The van der Waals surface area contributed by atoms with Crippen molar-refractivity contribution < 1.29 is 4.79 Å². The summed E-state index contributed by atoms with van der Waals surface area (Å²) in [6, 6.07) is 5.72. The van der Waals surface area contributed by atoms with Gasteiger partial charge in [-0.3, -0.25) is 9.48 Å². The third kappa shape index (κ3) is 4.26. The molecule has 2 aromatic rings. The first-order valence-corrected chi connectivity index (χ1v) is 8.64. The Kier molecular flexibility index (Phi) is 5.35. The van der Waals surface area contributed by atoms with Crippen LogP contribution in [0.2, 0.25) is 5.02 Å². The molecule has 6 nitrogen and oxygen atoms in total. The molecule has 0 radical (unpaired) electrons. The first kappa shape index (κ1) is 16.8. The lowest BCUT2D eigenvalue weighted by Crippen LogP contribution is -2.44. The number of rotatable bonds is 5. The first-order chi connectivity index (χ1) is 11.6. The van der Waals surface area contributed by atoms with E-state index in [-0.39, 0.29) is 17.9 Å². The minimum absolute atomic E-state index is 0.0633. The Morgan fingerprint density at radius 1 is 1.42 bits per heavy atom. The predicted octanol–water partition coefficient (Wildman–Crippen LogP) is 2.35. The van der Waals surface area contributed by atoms with Crippen LogP contribution >= 0.6 is 11.6 Å². The van der Waals surface area contributed by atoms with E-state index >= 15 is 0 Å². The Morgan fingerprint density at radius 2 is 2.21 bits per heavy atom. The first-order valence-electron chi connectivity index (χ1n) is 8.26. The average Bonchev–Trinajstić information content (AvgIpc) is 3.08. The van der Waals surface area contributed by atoms with Gasteiger partial charge in [-0.25, -0.2) is 4.98 Å². The van der Waals surface area contributed by atoms with Crippen molar-refractivity contribution in [2.24, 2.45) is 5.92 Å². The summed E-state index contributed by atoms with van der Waals surface area (Å²) in [5.41, 5.74) is 0. The number of hydrogen-bond donors (Lipinski definition) is 1. The maximum absolute atomic E-state index is 12.4. The van der Waals surface area contributed by atoms with Crippen LogP contribution in [0.25, 0.3) is 0 Å². The molecule has 128 valence electrons. The van der Waals surface area contributed by atoms with E-state index in [9.17, 15) is 4.79 Å². The predicted molar refractivity (Wildman–Crippen MR) is 94.0 cm³/mol. The molecule has 1 unspecified atom stereocenters. The van der Waals surface area contributed by atoms with Crippen molar-refractivity contribution in [2.75, 3.05) is 18.0 Å². The van der Waals surface area contributed by atoms with Crippen molar-refractivity contribution >= 4 is 23.3 Å². The molecule has 0 bridgehead atoms. The molecule has 1 aliphatic heterocycles. The summed E-state index contributed by atoms with van der Waals surface area (Å²) in [5.74, 6) is 1.12. The second-order valence-corrected chi connectivity index (χ2v) is 6.67. The summed E-state index contributed by atoms with van der Waals surface area (Å²) in [7, 11) is 0. The number of nitrogens with zero attached hydrogens (tertiary/aromatic N) is 4. The molecule has 3 heterocycles. The molecule has 7 heteroatoms. The van der Waals surface area contributed by atoms with Crippen LogP contribution in [0.3, 0.4) is 0 Å². The van der Waals surface area contributed by atoms with E-state index in [1.54, 1.807) is 12.4 Å². The van der Waals surface area contributed by atoms with Crippen LogP contribution in [0.15, 0.2) is 36.8 Å². The Hall–Kier alpha value is -2.08. The number of anilines is 1. The lowest BCUT2D eigenvalue weighted by molar-refractivity contribution is -0.126. The van der Waals surface area contributed by atoms with Crippen molar-refractivity contribution in [1.29, 1.82) is 0 Å². The number of carbonyl (C=O) groups is 1. The van der Waals surface area contributed by atoms with E-state index in [0.29, 0.717) is 11.6 Å². The Bertz CT molecular complexity index is 650. The molecule has 1 atom stereocenters. The Labute approximate surface area is 146 Å². The fraction of sp³-hybridized carbons (Fsp3) is 0.471. The van der Waals surface area contributed by atoms with Crippen LogP contribution in [-0.4, -0.2) is 39.8 Å². The smallest absolute Gasteiger partial charge is 0.223 e. The molecule has 1 N–H and O–H groups in total. The molecule has 24 heavy (non-hydrogen) atoms. The van der Waals surface area contributed by atoms with Gasteiger partial charge in [0.2, 0.25) is 5.91 Å². The molecule has 0 spiro atoms. The summed E-state index contributed by atoms with van der Waals surface area (Å²) >= 11 is 5.87. The summed E-state index contributed by atoms with van der Waals surface area (Å²) in [4.78, 5) is 19.0. The van der Waals surface area contributed by atoms with E-state index in [1.165, 1.54) is 0 Å². The minimum atomic E-state index is 0.0633. The molecule has 0 aromatic carbocycles. The number of aromatic nitrogens is 3. The van der Waals surface area contributed by atoms with Crippen molar-refractivity contribution in [3.05, 3.63) is 41.8 Å². The standard InChI is InChI=1S/C17H22ClN5O/c1-13(12-23-8-2-7-20-23)21-17(24)14-5-9-22(10-6-14)16-4-3-15(18)11-19-16/h2-4,7-8,11,13-14H,5-6,9-10,12H2,1H3,(H,21,24). The van der Waals surface area contributed by atoms with Gasteiger partial charge in [0.1, 0.15) is 5.82 Å². The molecule has 3 rings (SSSR count). The van der Waals surface area contributed by atoms with Crippen LogP contribution in [0.5, 0.6) is 0 Å². The number of carbonyl (C=O) groups excluding carboxylic acids is 1. The van der Waals surface area contributed by atoms with E-state index in [2.05, 4.69) is 20.3 Å². The fourth-order valence-electron chi connectivity index (χ4n) is 3.02. The van der Waals surface area contributed by atoms with Gasteiger partial charge in [-0.05, 0) is 38.0 Å². The van der Waals surface area contributed by atoms with E-state index in [4.69, 9.17) is 11.6 Å². The lowest BCUT2D eigenvalue weighted by Gasteiger charge is -2.32. The Balaban J connectivity index is 1.47. The topological polar surface area (TPSA) is 63.1 Å². The van der Waals surface area contributed by atoms with E-state index in [0.717, 1.165) is 31.7 Å². The van der Waals surface area contributed by atoms with Crippen molar-refractivity contribution in [3.8, 4) is 0 Å². The van der Waals surface area contributed by atoms with Gasteiger partial charge in [0.25, 0.3) is 0 Å². The molecule has 0 aliphatic carbocycles. The van der Waals surface area contributed by atoms with Crippen molar-refractivity contribution in [3.63, 3.8) is 0 Å². The third-order valence-corrected chi connectivity index (χ3v) is 4.53. The van der Waals surface area contributed by atoms with Crippen molar-refractivity contribution in [1.82, 2.24) is 20.1 Å². The van der Waals surface area contributed by atoms with Crippen LogP contribution in [0.4, 0.5) is 5.82 Å². The van der Waals surface area contributed by atoms with Crippen LogP contribution < -0.4 is 10.2 Å². The van der Waals surface area contributed by atoms with E-state index < -0.39 is 0 Å². The zero-order valence-corrected chi connectivity index (χ0v) is 14.5. The molecular formula is C17H22ClN5O. The quantitative estimate of drug-likeness (QED) is 0.901. The number of hydrogen-bond acceptors (Lipinski definition) is 4. The van der Waals surface area contributed by atoms with E-state index in [1.807, 2.05) is 36.0 Å². The van der Waals surface area contributed by atoms with Gasteiger partial charge < -0.3 is 10.2 Å². The summed E-state index contributed by atoms with van der Waals surface area (Å²) in [6.07, 6.45) is 6.98. The average molecular weight is 348 g/mol. The zero-order chi connectivity index (χ0) is 16.9. The third-order valence-electron chi connectivity index (χ3n) is 4.31. The second-order valence-electron chi connectivity index (χ2n) is 6.23. The molecule has 1 fully saturated rings. The highest BCUT2D eigenvalue weighted by Gasteiger charge is 2.26. The van der Waals surface area contributed by atoms with Crippen molar-refractivity contribution in [2.45, 2.75) is 32.4 Å². The molecule has 1 saturated heterocycles. The molecular weight excluding hydrogens is 326 g/mol. The zero-order valence-electron chi connectivity index (χ0n) is 13.7. The summed E-state index contributed by atoms with van der Waals surface area (Å²) < 4.78 is 1.83.